The number of aromatic nitrogens is 2. The summed E-state index contributed by atoms with van der Waals surface area (Å²) >= 11 is 0. The molecule has 22 heavy (non-hydrogen) atoms. The van der Waals surface area contributed by atoms with Crippen LogP contribution >= 0.6 is 0 Å². The molecular weight excluding hydrogens is 276 g/mol. The van der Waals surface area contributed by atoms with Crippen LogP contribution < -0.4 is 0 Å². The van der Waals surface area contributed by atoms with Crippen molar-refractivity contribution >= 4 is 11.6 Å². The van der Waals surface area contributed by atoms with Crippen molar-refractivity contribution in [3.8, 4) is 0 Å². The zero-order valence-corrected chi connectivity index (χ0v) is 12.7. The maximum absolute atomic E-state index is 12.5. The van der Waals surface area contributed by atoms with Crippen LogP contribution in [0.5, 0.6) is 0 Å². The lowest BCUT2D eigenvalue weighted by Crippen LogP contribution is -2.18. The first kappa shape index (κ1) is 15.9. The van der Waals surface area contributed by atoms with E-state index in [-0.39, 0.29) is 18.0 Å². The molecule has 0 spiro atoms. The van der Waals surface area contributed by atoms with E-state index in [0.29, 0.717) is 18.7 Å². The largest absolute Gasteiger partial charge is 0.332 e. The molecule has 0 N–H and O–H groups in total. The summed E-state index contributed by atoms with van der Waals surface area (Å²) in [6.07, 6.45) is 6.20. The van der Waals surface area contributed by atoms with Crippen molar-refractivity contribution < 1.29 is 9.59 Å². The molecule has 0 aliphatic rings. The van der Waals surface area contributed by atoms with Gasteiger partial charge in [-0.1, -0.05) is 36.4 Å². The van der Waals surface area contributed by atoms with E-state index >= 15 is 0 Å². The molecule has 4 nitrogen and oxygen atoms in total. The third-order valence-electron chi connectivity index (χ3n) is 3.65. The molecule has 0 saturated carbocycles. The van der Waals surface area contributed by atoms with Crippen molar-refractivity contribution in [3.63, 3.8) is 0 Å². The molecule has 1 aromatic heterocycles. The van der Waals surface area contributed by atoms with Crippen molar-refractivity contribution in [1.29, 1.82) is 0 Å². The maximum atomic E-state index is 12.5. The zero-order valence-electron chi connectivity index (χ0n) is 12.7. The molecule has 0 fully saturated rings. The Labute approximate surface area is 130 Å². The molecule has 2 rings (SSSR count). The Morgan fingerprint density at radius 1 is 1.32 bits per heavy atom. The van der Waals surface area contributed by atoms with Crippen LogP contribution in [0, 0.1) is 0 Å². The van der Waals surface area contributed by atoms with Gasteiger partial charge in [0, 0.05) is 32.3 Å². The highest BCUT2D eigenvalue weighted by Gasteiger charge is 2.25. The second-order valence-electron chi connectivity index (χ2n) is 5.25. The van der Waals surface area contributed by atoms with Gasteiger partial charge in [-0.15, -0.1) is 6.58 Å². The van der Waals surface area contributed by atoms with Gasteiger partial charge in [-0.05, 0) is 12.0 Å². The Morgan fingerprint density at radius 2 is 2.05 bits per heavy atom. The first-order chi connectivity index (χ1) is 10.6. The van der Waals surface area contributed by atoms with Crippen LogP contribution in [0.15, 0.2) is 55.4 Å². The van der Waals surface area contributed by atoms with E-state index in [1.54, 1.807) is 30.1 Å². The summed E-state index contributed by atoms with van der Waals surface area (Å²) in [4.78, 5) is 29.0. The second-order valence-corrected chi connectivity index (χ2v) is 5.25. The van der Waals surface area contributed by atoms with Crippen molar-refractivity contribution in [1.82, 2.24) is 9.55 Å². The highest BCUT2D eigenvalue weighted by molar-refractivity contribution is 5.98. The lowest BCUT2D eigenvalue weighted by molar-refractivity contribution is -0.120. The summed E-state index contributed by atoms with van der Waals surface area (Å²) in [7, 11) is 1.78. The molecule has 1 heterocycles. The molecule has 1 aromatic carbocycles. The molecule has 0 bridgehead atoms. The van der Waals surface area contributed by atoms with Crippen LogP contribution in [0.2, 0.25) is 0 Å². The van der Waals surface area contributed by atoms with Gasteiger partial charge in [0.05, 0.1) is 5.92 Å². The van der Waals surface area contributed by atoms with Gasteiger partial charge < -0.3 is 4.57 Å². The molecule has 4 heteroatoms. The van der Waals surface area contributed by atoms with Gasteiger partial charge in [0.25, 0.3) is 0 Å². The quantitative estimate of drug-likeness (QED) is 0.554. The van der Waals surface area contributed by atoms with E-state index < -0.39 is 5.92 Å². The number of ketones is 2. The first-order valence-electron chi connectivity index (χ1n) is 7.32. The van der Waals surface area contributed by atoms with Crippen LogP contribution in [0.25, 0.3) is 0 Å². The lowest BCUT2D eigenvalue weighted by Gasteiger charge is -2.15. The number of carbonyl (C=O) groups is 2. The van der Waals surface area contributed by atoms with Crippen LogP contribution in [0.1, 0.15) is 41.4 Å². The third-order valence-corrected chi connectivity index (χ3v) is 3.65. The summed E-state index contributed by atoms with van der Waals surface area (Å²) in [6.45, 7) is 3.65. The number of rotatable bonds is 8. The molecule has 0 saturated heterocycles. The van der Waals surface area contributed by atoms with Crippen molar-refractivity contribution in [3.05, 3.63) is 66.8 Å². The van der Waals surface area contributed by atoms with Gasteiger partial charge in [-0.25, -0.2) is 4.98 Å². The minimum atomic E-state index is -0.426. The summed E-state index contributed by atoms with van der Waals surface area (Å²) in [5.41, 5.74) is 0.874. The van der Waals surface area contributed by atoms with Gasteiger partial charge in [0.2, 0.25) is 0 Å². The molecule has 0 amide bonds. The van der Waals surface area contributed by atoms with Gasteiger partial charge >= 0.3 is 0 Å². The van der Waals surface area contributed by atoms with Crippen LogP contribution in [0.3, 0.4) is 0 Å². The Kier molecular flexibility index (Phi) is 5.42. The molecule has 1 atom stereocenters. The predicted molar refractivity (Wildman–Crippen MR) is 85.8 cm³/mol. The molecule has 0 aliphatic carbocycles. The van der Waals surface area contributed by atoms with Crippen molar-refractivity contribution in [2.24, 2.45) is 7.05 Å². The fraction of sp³-hybridized carbons (Fsp3) is 0.278. The standard InChI is InChI=1S/C18H20N2O2/c1-3-4-10-16(21)15(14-8-6-5-7-9-14)13-17(22)18-19-11-12-20(18)2/h3,5-9,11-12,15H,1,4,10,13H2,2H3. The Balaban J connectivity index is 2.21. The van der Waals surface area contributed by atoms with Crippen LogP contribution in [-0.2, 0) is 11.8 Å². The van der Waals surface area contributed by atoms with Gasteiger partial charge in [0.1, 0.15) is 5.78 Å². The van der Waals surface area contributed by atoms with Crippen molar-refractivity contribution in [2.45, 2.75) is 25.2 Å². The van der Waals surface area contributed by atoms with E-state index in [0.717, 1.165) is 5.56 Å². The number of carbonyl (C=O) groups excluding carboxylic acids is 2. The monoisotopic (exact) mass is 296 g/mol. The third kappa shape index (κ3) is 3.79. The average molecular weight is 296 g/mol. The van der Waals surface area contributed by atoms with Gasteiger partial charge in [-0.3, -0.25) is 9.59 Å². The highest BCUT2D eigenvalue weighted by atomic mass is 16.1. The first-order valence-corrected chi connectivity index (χ1v) is 7.32. The maximum Gasteiger partial charge on any atom is 0.199 e. The average Bonchev–Trinajstić information content (AvgIpc) is 2.97. The summed E-state index contributed by atoms with van der Waals surface area (Å²) < 4.78 is 1.68. The summed E-state index contributed by atoms with van der Waals surface area (Å²) in [5, 5.41) is 0. The lowest BCUT2D eigenvalue weighted by atomic mass is 9.87. The molecule has 114 valence electrons. The summed E-state index contributed by atoms with van der Waals surface area (Å²) in [5.74, 6) is -0.0928. The molecule has 2 aromatic rings. The number of aryl methyl sites for hydroxylation is 1. The predicted octanol–water partition coefficient (Wildman–Crippen LogP) is 3.31. The molecule has 0 aliphatic heterocycles. The number of hydrogen-bond acceptors (Lipinski definition) is 3. The van der Waals surface area contributed by atoms with E-state index in [1.165, 1.54) is 0 Å². The normalized spacial score (nSPS) is 11.9. The zero-order chi connectivity index (χ0) is 15.9. The number of imidazole rings is 1. The Hall–Kier alpha value is -2.49. The molecular formula is C18H20N2O2. The van der Waals surface area contributed by atoms with E-state index in [4.69, 9.17) is 0 Å². The number of Topliss-reactive ketones (excluding diaryl/α,β-unsaturated/α-hetero) is 2. The number of hydrogen-bond donors (Lipinski definition) is 0. The number of nitrogens with zero attached hydrogens (tertiary/aromatic N) is 2. The molecule has 0 radical (unpaired) electrons. The van der Waals surface area contributed by atoms with Gasteiger partial charge in [0.15, 0.2) is 11.6 Å². The van der Waals surface area contributed by atoms with Crippen molar-refractivity contribution in [2.75, 3.05) is 0 Å². The summed E-state index contributed by atoms with van der Waals surface area (Å²) in [6, 6.07) is 9.45. The van der Waals surface area contributed by atoms with Gasteiger partial charge in [-0.2, -0.15) is 0 Å². The smallest absolute Gasteiger partial charge is 0.199 e. The van der Waals surface area contributed by atoms with E-state index in [2.05, 4.69) is 11.6 Å². The topological polar surface area (TPSA) is 52.0 Å². The minimum Gasteiger partial charge on any atom is -0.332 e. The SMILES string of the molecule is C=CCCC(=O)C(CC(=O)c1nccn1C)c1ccccc1. The van der Waals surface area contributed by atoms with E-state index in [9.17, 15) is 9.59 Å². The van der Waals surface area contributed by atoms with Crippen LogP contribution in [-0.4, -0.2) is 21.1 Å². The fourth-order valence-electron chi connectivity index (χ4n) is 2.43. The number of allylic oxidation sites excluding steroid dienone is 1. The Bertz CT molecular complexity index is 659. The van der Waals surface area contributed by atoms with Crippen LogP contribution in [0.4, 0.5) is 0 Å². The van der Waals surface area contributed by atoms with E-state index in [1.807, 2.05) is 30.3 Å². The minimum absolute atomic E-state index is 0.0636. The number of benzene rings is 1. The fourth-order valence-corrected chi connectivity index (χ4v) is 2.43. The second kappa shape index (κ2) is 7.50. The highest BCUT2D eigenvalue weighted by Crippen LogP contribution is 2.24. The molecule has 1 unspecified atom stereocenters. The Morgan fingerprint density at radius 3 is 2.64 bits per heavy atom.